The van der Waals surface area contributed by atoms with Crippen LogP contribution in [0, 0.1) is 5.92 Å². The molecule has 0 aliphatic heterocycles. The van der Waals surface area contributed by atoms with Crippen LogP contribution in [-0.4, -0.2) is 18.9 Å². The van der Waals surface area contributed by atoms with Crippen LogP contribution >= 0.6 is 0 Å². The molecule has 0 saturated heterocycles. The highest BCUT2D eigenvalue weighted by Gasteiger charge is 2.29. The Hall–Kier alpha value is -2.82. The molecule has 0 heterocycles. The highest BCUT2D eigenvalue weighted by molar-refractivity contribution is 6.04. The van der Waals surface area contributed by atoms with Crippen molar-refractivity contribution in [3.05, 3.63) is 54.1 Å². The molecule has 2 aromatic carbocycles. The van der Waals surface area contributed by atoms with Crippen molar-refractivity contribution in [1.29, 1.82) is 0 Å². The summed E-state index contributed by atoms with van der Waals surface area (Å²) in [6.45, 7) is 0. The fourth-order valence-corrected chi connectivity index (χ4v) is 2.20. The summed E-state index contributed by atoms with van der Waals surface area (Å²) in [7, 11) is 1.58. The lowest BCUT2D eigenvalue weighted by atomic mass is 10.2. The summed E-state index contributed by atoms with van der Waals surface area (Å²) >= 11 is 0. The Morgan fingerprint density at radius 1 is 1.00 bits per heavy atom. The second-order valence-corrected chi connectivity index (χ2v) is 5.53. The average molecular weight is 310 g/mol. The minimum atomic E-state index is -0.210. The number of anilines is 2. The number of carbonyl (C=O) groups excluding carboxylic acids is 2. The predicted octanol–water partition coefficient (Wildman–Crippen LogP) is 3.30. The van der Waals surface area contributed by atoms with Crippen LogP contribution in [0.15, 0.2) is 48.5 Å². The van der Waals surface area contributed by atoms with Crippen molar-refractivity contribution in [1.82, 2.24) is 0 Å². The van der Waals surface area contributed by atoms with E-state index in [-0.39, 0.29) is 17.7 Å². The van der Waals surface area contributed by atoms with Gasteiger partial charge in [0.15, 0.2) is 0 Å². The second kappa shape index (κ2) is 6.52. The van der Waals surface area contributed by atoms with Crippen molar-refractivity contribution >= 4 is 23.2 Å². The molecule has 2 amide bonds. The summed E-state index contributed by atoms with van der Waals surface area (Å²) in [6, 6.07) is 14.0. The van der Waals surface area contributed by atoms with Gasteiger partial charge in [-0.25, -0.2) is 0 Å². The minimum Gasteiger partial charge on any atom is -0.497 e. The molecule has 0 unspecified atom stereocenters. The van der Waals surface area contributed by atoms with Crippen molar-refractivity contribution in [2.24, 2.45) is 5.92 Å². The third-order valence-corrected chi connectivity index (χ3v) is 3.69. The van der Waals surface area contributed by atoms with E-state index >= 15 is 0 Å². The summed E-state index contributed by atoms with van der Waals surface area (Å²) in [5, 5.41) is 5.66. The fourth-order valence-electron chi connectivity index (χ4n) is 2.20. The van der Waals surface area contributed by atoms with Crippen LogP contribution in [0.3, 0.4) is 0 Å². The van der Waals surface area contributed by atoms with Crippen LogP contribution in [0.1, 0.15) is 23.2 Å². The van der Waals surface area contributed by atoms with E-state index in [9.17, 15) is 9.59 Å². The van der Waals surface area contributed by atoms with Crippen LogP contribution in [-0.2, 0) is 4.79 Å². The maximum Gasteiger partial charge on any atom is 0.255 e. The van der Waals surface area contributed by atoms with Crippen LogP contribution in [0.5, 0.6) is 5.75 Å². The lowest BCUT2D eigenvalue weighted by Gasteiger charge is -2.08. The maximum absolute atomic E-state index is 12.2. The molecule has 5 heteroatoms. The van der Waals surface area contributed by atoms with Gasteiger partial charge in [-0.05, 0) is 49.2 Å². The molecular weight excluding hydrogens is 292 g/mol. The second-order valence-electron chi connectivity index (χ2n) is 5.53. The first kappa shape index (κ1) is 15.1. The van der Waals surface area contributed by atoms with Gasteiger partial charge in [0, 0.05) is 28.9 Å². The van der Waals surface area contributed by atoms with Crippen LogP contribution in [0.2, 0.25) is 0 Å². The van der Waals surface area contributed by atoms with E-state index in [1.807, 2.05) is 12.1 Å². The smallest absolute Gasteiger partial charge is 0.255 e. The van der Waals surface area contributed by atoms with Gasteiger partial charge in [-0.2, -0.15) is 0 Å². The van der Waals surface area contributed by atoms with Gasteiger partial charge in [0.05, 0.1) is 7.11 Å². The summed E-state index contributed by atoms with van der Waals surface area (Å²) in [6.07, 6.45) is 1.93. The normalized spacial score (nSPS) is 13.3. The first-order valence-corrected chi connectivity index (χ1v) is 7.52. The molecule has 0 spiro atoms. The summed E-state index contributed by atoms with van der Waals surface area (Å²) in [5.41, 5.74) is 1.90. The first-order valence-electron chi connectivity index (χ1n) is 7.52. The first-order chi connectivity index (χ1) is 11.2. The molecule has 1 saturated carbocycles. The highest BCUT2D eigenvalue weighted by Crippen LogP contribution is 2.30. The van der Waals surface area contributed by atoms with E-state index in [0.717, 1.165) is 12.8 Å². The number of rotatable bonds is 5. The number of benzene rings is 2. The summed E-state index contributed by atoms with van der Waals surface area (Å²) in [5.74, 6) is 0.684. The predicted molar refractivity (Wildman–Crippen MR) is 88.7 cm³/mol. The number of nitrogens with one attached hydrogen (secondary N) is 2. The Labute approximate surface area is 134 Å². The Balaban J connectivity index is 1.63. The molecule has 2 N–H and O–H groups in total. The molecule has 118 valence electrons. The zero-order valence-electron chi connectivity index (χ0n) is 12.8. The average Bonchev–Trinajstić information content (AvgIpc) is 3.40. The topological polar surface area (TPSA) is 67.4 Å². The van der Waals surface area contributed by atoms with E-state index in [1.165, 1.54) is 0 Å². The van der Waals surface area contributed by atoms with Gasteiger partial charge in [0.1, 0.15) is 5.75 Å². The molecule has 2 aromatic rings. The molecule has 3 rings (SSSR count). The molecular formula is C18H18N2O3. The molecule has 1 fully saturated rings. The van der Waals surface area contributed by atoms with Crippen molar-refractivity contribution in [3.63, 3.8) is 0 Å². The van der Waals surface area contributed by atoms with Crippen LogP contribution in [0.25, 0.3) is 0 Å². The van der Waals surface area contributed by atoms with E-state index < -0.39 is 0 Å². The number of hydrogen-bond donors (Lipinski definition) is 2. The van der Waals surface area contributed by atoms with Gasteiger partial charge in [0.2, 0.25) is 5.91 Å². The van der Waals surface area contributed by atoms with Crippen molar-refractivity contribution in [3.8, 4) is 5.75 Å². The number of ether oxygens (including phenoxy) is 1. The van der Waals surface area contributed by atoms with Gasteiger partial charge < -0.3 is 15.4 Å². The molecule has 0 bridgehead atoms. The summed E-state index contributed by atoms with van der Waals surface area (Å²) < 4.78 is 5.13. The van der Waals surface area contributed by atoms with Crippen LogP contribution < -0.4 is 15.4 Å². The number of hydrogen-bond acceptors (Lipinski definition) is 3. The monoisotopic (exact) mass is 310 g/mol. The molecule has 1 aliphatic carbocycles. The van der Waals surface area contributed by atoms with Gasteiger partial charge >= 0.3 is 0 Å². The maximum atomic E-state index is 12.2. The van der Waals surface area contributed by atoms with Crippen molar-refractivity contribution < 1.29 is 14.3 Å². The lowest BCUT2D eigenvalue weighted by Crippen LogP contribution is -2.14. The van der Waals surface area contributed by atoms with E-state index in [0.29, 0.717) is 22.7 Å². The fraction of sp³-hybridized carbons (Fsp3) is 0.222. The third-order valence-electron chi connectivity index (χ3n) is 3.69. The summed E-state index contributed by atoms with van der Waals surface area (Å²) in [4.78, 5) is 23.9. The van der Waals surface area contributed by atoms with Gasteiger partial charge in [-0.15, -0.1) is 0 Å². The Bertz CT molecular complexity index is 721. The standard InChI is InChI=1S/C18H18N2O3/c1-23-16-4-2-3-15(11-16)20-18(22)13-7-9-14(10-8-13)19-17(21)12-5-6-12/h2-4,7-12H,5-6H2,1H3,(H,19,21)(H,20,22). The molecule has 0 aromatic heterocycles. The Morgan fingerprint density at radius 2 is 1.74 bits per heavy atom. The number of carbonyl (C=O) groups is 2. The zero-order valence-corrected chi connectivity index (χ0v) is 12.8. The van der Waals surface area contributed by atoms with Crippen LogP contribution in [0.4, 0.5) is 11.4 Å². The lowest BCUT2D eigenvalue weighted by molar-refractivity contribution is -0.117. The SMILES string of the molecule is COc1cccc(NC(=O)c2ccc(NC(=O)C3CC3)cc2)c1. The Kier molecular flexibility index (Phi) is 4.28. The third kappa shape index (κ3) is 3.88. The van der Waals surface area contributed by atoms with E-state index in [2.05, 4.69) is 10.6 Å². The van der Waals surface area contributed by atoms with Gasteiger partial charge in [-0.3, -0.25) is 9.59 Å². The van der Waals surface area contributed by atoms with E-state index in [1.54, 1.807) is 43.5 Å². The van der Waals surface area contributed by atoms with E-state index in [4.69, 9.17) is 4.74 Å². The zero-order chi connectivity index (χ0) is 16.2. The number of amides is 2. The largest absolute Gasteiger partial charge is 0.497 e. The minimum absolute atomic E-state index is 0.0542. The molecule has 0 radical (unpaired) electrons. The van der Waals surface area contributed by atoms with Gasteiger partial charge in [-0.1, -0.05) is 6.07 Å². The molecule has 5 nitrogen and oxygen atoms in total. The van der Waals surface area contributed by atoms with Gasteiger partial charge in [0.25, 0.3) is 5.91 Å². The molecule has 0 atom stereocenters. The van der Waals surface area contributed by atoms with Crippen molar-refractivity contribution in [2.75, 3.05) is 17.7 Å². The molecule has 23 heavy (non-hydrogen) atoms. The Morgan fingerprint density at radius 3 is 2.39 bits per heavy atom. The number of methoxy groups -OCH3 is 1. The quantitative estimate of drug-likeness (QED) is 0.890. The highest BCUT2D eigenvalue weighted by atomic mass is 16.5. The van der Waals surface area contributed by atoms with Crippen molar-refractivity contribution in [2.45, 2.75) is 12.8 Å². The molecule has 1 aliphatic rings.